The van der Waals surface area contributed by atoms with Crippen molar-refractivity contribution >= 4 is 6.21 Å². The van der Waals surface area contributed by atoms with Gasteiger partial charge >= 0.3 is 0 Å². The average Bonchev–Trinajstić information content (AvgIpc) is 2.52. The summed E-state index contributed by atoms with van der Waals surface area (Å²) in [7, 11) is 0. The van der Waals surface area contributed by atoms with Gasteiger partial charge in [0.25, 0.3) is 0 Å². The van der Waals surface area contributed by atoms with Crippen molar-refractivity contribution in [2.75, 3.05) is 19.6 Å². The fourth-order valence-electron chi connectivity index (χ4n) is 3.69. The Morgan fingerprint density at radius 3 is 2.95 bits per heavy atom. The van der Waals surface area contributed by atoms with Crippen molar-refractivity contribution in [2.24, 2.45) is 5.10 Å². The maximum atomic E-state index is 9.31. The minimum atomic E-state index is 0.228. The summed E-state index contributed by atoms with van der Waals surface area (Å²) in [5.74, 6) is 0. The number of piperidine rings is 2. The minimum Gasteiger partial charge on any atom is -0.369 e. The predicted octanol–water partition coefficient (Wildman–Crippen LogP) is 2.03. The number of hydrogen-bond acceptors (Lipinski definition) is 5. The molecule has 2 saturated heterocycles. The van der Waals surface area contributed by atoms with Gasteiger partial charge in [0.15, 0.2) is 0 Å². The molecule has 0 radical (unpaired) electrons. The van der Waals surface area contributed by atoms with Crippen molar-refractivity contribution in [3.05, 3.63) is 35.7 Å². The van der Waals surface area contributed by atoms with Crippen LogP contribution in [0.25, 0.3) is 0 Å². The van der Waals surface area contributed by atoms with Gasteiger partial charge in [-0.15, -0.1) is 0 Å². The molecule has 0 aromatic carbocycles. The molecule has 5 heteroatoms. The molecule has 3 aliphatic heterocycles. The van der Waals surface area contributed by atoms with Gasteiger partial charge in [0, 0.05) is 42.3 Å². The van der Waals surface area contributed by atoms with E-state index in [1.165, 1.54) is 32.1 Å². The normalized spacial score (nSPS) is 35.2. The molecule has 0 amide bonds. The van der Waals surface area contributed by atoms with Gasteiger partial charge in [-0.2, -0.15) is 10.4 Å². The zero-order valence-electron chi connectivity index (χ0n) is 12.9. The Labute approximate surface area is 132 Å². The summed E-state index contributed by atoms with van der Waals surface area (Å²) in [4.78, 5) is 2.37. The van der Waals surface area contributed by atoms with Gasteiger partial charge < -0.3 is 10.2 Å². The fourth-order valence-corrected chi connectivity index (χ4v) is 3.69. The zero-order valence-corrected chi connectivity index (χ0v) is 12.9. The van der Waals surface area contributed by atoms with Gasteiger partial charge in [-0.05, 0) is 38.3 Å². The lowest BCUT2D eigenvalue weighted by molar-refractivity contribution is 0.124. The van der Waals surface area contributed by atoms with Crippen LogP contribution < -0.4 is 10.7 Å². The van der Waals surface area contributed by atoms with Gasteiger partial charge in [-0.1, -0.05) is 13.0 Å². The van der Waals surface area contributed by atoms with Crippen LogP contribution in [0.4, 0.5) is 0 Å². The number of nitrogens with one attached hydrogen (secondary N) is 2. The first-order valence-electron chi connectivity index (χ1n) is 8.03. The Bertz CT molecular complexity index is 567. The van der Waals surface area contributed by atoms with E-state index in [0.29, 0.717) is 5.57 Å². The second-order valence-electron chi connectivity index (χ2n) is 6.30. The Hall–Kier alpha value is -2.06. The van der Waals surface area contributed by atoms with Gasteiger partial charge in [-0.25, -0.2) is 0 Å². The molecule has 2 fully saturated rings. The first-order valence-corrected chi connectivity index (χ1v) is 8.03. The van der Waals surface area contributed by atoms with Gasteiger partial charge in [0.2, 0.25) is 0 Å². The van der Waals surface area contributed by atoms with Gasteiger partial charge in [0.1, 0.15) is 6.07 Å². The highest BCUT2D eigenvalue weighted by Crippen LogP contribution is 2.33. The summed E-state index contributed by atoms with van der Waals surface area (Å²) in [6.45, 7) is 7.24. The largest absolute Gasteiger partial charge is 0.369 e. The molecular weight excluding hydrogens is 274 g/mol. The average molecular weight is 297 g/mol. The number of allylic oxidation sites excluding steroid dienone is 2. The Balaban J connectivity index is 1.84. The molecule has 22 heavy (non-hydrogen) atoms. The maximum absolute atomic E-state index is 9.31. The van der Waals surface area contributed by atoms with Crippen LogP contribution in [0.1, 0.15) is 32.1 Å². The monoisotopic (exact) mass is 297 g/mol. The van der Waals surface area contributed by atoms with E-state index in [1.807, 2.05) is 6.08 Å². The smallest absolute Gasteiger partial charge is 0.101 e. The van der Waals surface area contributed by atoms with Crippen molar-refractivity contribution < 1.29 is 0 Å². The highest BCUT2D eigenvalue weighted by Gasteiger charge is 2.37. The predicted molar refractivity (Wildman–Crippen MR) is 87.9 cm³/mol. The minimum absolute atomic E-state index is 0.228. The van der Waals surface area contributed by atoms with Crippen molar-refractivity contribution in [3.8, 4) is 6.07 Å². The van der Waals surface area contributed by atoms with Crippen LogP contribution in [0, 0.1) is 11.3 Å². The van der Waals surface area contributed by atoms with E-state index in [4.69, 9.17) is 0 Å². The van der Waals surface area contributed by atoms with Gasteiger partial charge in [0.05, 0.1) is 5.57 Å². The molecule has 1 unspecified atom stereocenters. The zero-order chi connectivity index (χ0) is 15.4. The molecule has 5 nitrogen and oxygen atoms in total. The van der Waals surface area contributed by atoms with Crippen LogP contribution in [0.5, 0.6) is 0 Å². The molecule has 0 aliphatic carbocycles. The van der Waals surface area contributed by atoms with E-state index >= 15 is 0 Å². The van der Waals surface area contributed by atoms with Crippen LogP contribution in [-0.4, -0.2) is 36.3 Å². The van der Waals surface area contributed by atoms with E-state index in [0.717, 1.165) is 30.9 Å². The van der Waals surface area contributed by atoms with Crippen molar-refractivity contribution in [2.45, 2.75) is 37.6 Å². The topological polar surface area (TPSA) is 63.5 Å². The fraction of sp³-hybridized carbons (Fsp3) is 0.529. The molecule has 3 aliphatic rings. The second-order valence-corrected chi connectivity index (χ2v) is 6.30. The molecule has 3 rings (SSSR count). The number of nitrogens with zero attached hydrogens (tertiary/aromatic N) is 3. The molecule has 116 valence electrons. The summed E-state index contributed by atoms with van der Waals surface area (Å²) in [6.07, 6.45) is 11.5. The molecule has 0 bridgehead atoms. The SMILES string of the molecule is C=C1/C(C#N)=C\N/N=C\C=C/1N1CCCC2(CCCCN2)C1. The lowest BCUT2D eigenvalue weighted by Gasteiger charge is -2.47. The van der Waals surface area contributed by atoms with Crippen molar-refractivity contribution in [1.82, 2.24) is 15.6 Å². The quantitative estimate of drug-likeness (QED) is 0.777. The third kappa shape index (κ3) is 2.93. The Morgan fingerprint density at radius 1 is 1.32 bits per heavy atom. The molecule has 1 spiro atoms. The van der Waals surface area contributed by atoms with E-state index < -0.39 is 0 Å². The van der Waals surface area contributed by atoms with Crippen LogP contribution in [0.3, 0.4) is 0 Å². The lowest BCUT2D eigenvalue weighted by Crippen LogP contribution is -2.58. The number of nitriles is 1. The molecule has 1 atom stereocenters. The lowest BCUT2D eigenvalue weighted by atomic mass is 9.81. The summed E-state index contributed by atoms with van der Waals surface area (Å²) >= 11 is 0. The number of likely N-dealkylation sites (tertiary alicyclic amines) is 1. The number of hydrazone groups is 1. The standard InChI is InChI=1S/C17H23N5/c1-14-15(11-18)12-21-20-9-5-16(14)22-10-4-7-17(13-22)6-2-3-8-19-17/h5,9,12,19,21H,1-4,6-8,10,13H2/b15-12-,16-5+,20-9-. The van der Waals surface area contributed by atoms with Crippen LogP contribution in [0.2, 0.25) is 0 Å². The first-order chi connectivity index (χ1) is 10.7. The first kappa shape index (κ1) is 14.9. The summed E-state index contributed by atoms with van der Waals surface area (Å²) in [6, 6.07) is 2.20. The third-order valence-corrected chi connectivity index (χ3v) is 4.84. The van der Waals surface area contributed by atoms with Crippen LogP contribution in [0.15, 0.2) is 40.8 Å². The van der Waals surface area contributed by atoms with Crippen LogP contribution in [-0.2, 0) is 0 Å². The summed E-state index contributed by atoms with van der Waals surface area (Å²) in [5.41, 5.74) is 5.31. The van der Waals surface area contributed by atoms with E-state index in [9.17, 15) is 5.26 Å². The molecule has 0 aromatic heterocycles. The van der Waals surface area contributed by atoms with Gasteiger partial charge in [-0.3, -0.25) is 5.43 Å². The third-order valence-electron chi connectivity index (χ3n) is 4.84. The van der Waals surface area contributed by atoms with Crippen molar-refractivity contribution in [3.63, 3.8) is 0 Å². The molecule has 0 aromatic rings. The summed E-state index contributed by atoms with van der Waals surface area (Å²) < 4.78 is 0. The molecule has 0 saturated carbocycles. The molecule has 3 heterocycles. The molecular formula is C17H23N5. The van der Waals surface area contributed by atoms with E-state index in [1.54, 1.807) is 12.4 Å². The number of rotatable bonds is 1. The number of hydrogen-bond donors (Lipinski definition) is 2. The van der Waals surface area contributed by atoms with Crippen molar-refractivity contribution in [1.29, 1.82) is 5.26 Å². The Morgan fingerprint density at radius 2 is 2.18 bits per heavy atom. The summed E-state index contributed by atoms with van der Waals surface area (Å²) in [5, 5.41) is 17.1. The Kier molecular flexibility index (Phi) is 4.30. The maximum Gasteiger partial charge on any atom is 0.101 e. The highest BCUT2D eigenvalue weighted by atomic mass is 15.3. The highest BCUT2D eigenvalue weighted by molar-refractivity contribution is 5.75. The van der Waals surface area contributed by atoms with Crippen LogP contribution >= 0.6 is 0 Å². The van der Waals surface area contributed by atoms with E-state index in [-0.39, 0.29) is 5.54 Å². The second kappa shape index (κ2) is 6.37. The molecule has 2 N–H and O–H groups in total. The van der Waals surface area contributed by atoms with E-state index in [2.05, 4.69) is 33.4 Å².